The molecule has 2 aliphatic heterocycles. The highest BCUT2D eigenvalue weighted by Gasteiger charge is 2.52. The van der Waals surface area contributed by atoms with Gasteiger partial charge in [0.25, 0.3) is 0 Å². The Labute approximate surface area is 178 Å². The van der Waals surface area contributed by atoms with Crippen LogP contribution in [0.4, 0.5) is 10.8 Å². The Morgan fingerprint density at radius 2 is 1.87 bits per heavy atom. The Hall–Kier alpha value is -3.52. The fourth-order valence-electron chi connectivity index (χ4n) is 3.67. The topological polar surface area (TPSA) is 65.7 Å². The van der Waals surface area contributed by atoms with Crippen LogP contribution in [0.15, 0.2) is 87.7 Å². The summed E-state index contributed by atoms with van der Waals surface area (Å²) in [5.74, 6) is 0.841. The molecular formula is C22H20N6OS. The van der Waals surface area contributed by atoms with Crippen molar-refractivity contribution in [1.82, 2.24) is 4.98 Å². The van der Waals surface area contributed by atoms with Gasteiger partial charge in [-0.15, -0.1) is 11.3 Å². The lowest BCUT2D eigenvalue weighted by molar-refractivity contribution is 0.415. The lowest BCUT2D eigenvalue weighted by Gasteiger charge is -2.37. The third-order valence-corrected chi connectivity index (χ3v) is 5.89. The van der Waals surface area contributed by atoms with E-state index in [2.05, 4.69) is 39.6 Å². The normalized spacial score (nSPS) is 20.5. The van der Waals surface area contributed by atoms with Gasteiger partial charge in [0, 0.05) is 18.0 Å². The van der Waals surface area contributed by atoms with Gasteiger partial charge in [-0.05, 0) is 35.9 Å². The van der Waals surface area contributed by atoms with Crippen LogP contribution in [0.5, 0.6) is 5.75 Å². The largest absolute Gasteiger partial charge is 0.497 e. The number of anilines is 2. The average Bonchev–Trinajstić information content (AvgIpc) is 3.54. The number of allylic oxidation sites excluding steroid dienone is 1. The lowest BCUT2D eigenvalue weighted by Crippen LogP contribution is -2.55. The van der Waals surface area contributed by atoms with Crippen LogP contribution in [0.1, 0.15) is 12.0 Å². The molecule has 0 N–H and O–H groups in total. The zero-order chi connectivity index (χ0) is 20.4. The molecule has 0 saturated heterocycles. The highest BCUT2D eigenvalue weighted by atomic mass is 32.1. The molecule has 0 bridgehead atoms. The standard InChI is InChI=1S/C22H20N6OS/c1-29-20-11-8-17(9-12-20)7-10-18-15-22(27(25-18)19-5-3-2-4-6-19)16-24-26-28(22)21-23-13-14-30-21/h2-14H,15-16H2,1H3/b10-7+. The molecule has 8 heteroatoms. The van der Waals surface area contributed by atoms with E-state index < -0.39 is 5.66 Å². The summed E-state index contributed by atoms with van der Waals surface area (Å²) in [7, 11) is 1.67. The molecule has 0 amide bonds. The van der Waals surface area contributed by atoms with Crippen LogP contribution in [0, 0.1) is 0 Å². The van der Waals surface area contributed by atoms with E-state index in [0.717, 1.165) is 27.8 Å². The molecular weight excluding hydrogens is 396 g/mol. The molecule has 0 saturated carbocycles. The second-order valence-electron chi connectivity index (χ2n) is 7.02. The Balaban J connectivity index is 1.49. The number of hydrazone groups is 1. The Morgan fingerprint density at radius 1 is 1.03 bits per heavy atom. The number of nitrogens with zero attached hydrogens (tertiary/aromatic N) is 6. The second kappa shape index (κ2) is 7.72. The minimum Gasteiger partial charge on any atom is -0.497 e. The SMILES string of the molecule is COc1ccc(/C=C/C2=NN(c3ccccc3)C3(CN=NN3c3nccs3)C2)cc1. The third-order valence-electron chi connectivity index (χ3n) is 5.14. The second-order valence-corrected chi connectivity index (χ2v) is 7.89. The van der Waals surface area contributed by atoms with Gasteiger partial charge < -0.3 is 4.74 Å². The van der Waals surface area contributed by atoms with E-state index in [1.165, 1.54) is 0 Å². The van der Waals surface area contributed by atoms with Crippen molar-refractivity contribution in [2.45, 2.75) is 12.1 Å². The summed E-state index contributed by atoms with van der Waals surface area (Å²) in [5.41, 5.74) is 2.52. The molecule has 0 aliphatic carbocycles. The fourth-order valence-corrected chi connectivity index (χ4v) is 4.34. The number of benzene rings is 2. The van der Waals surface area contributed by atoms with Crippen molar-refractivity contribution in [3.63, 3.8) is 0 Å². The number of methoxy groups -OCH3 is 1. The summed E-state index contributed by atoms with van der Waals surface area (Å²) in [6.45, 7) is 0.519. The third kappa shape index (κ3) is 3.25. The van der Waals surface area contributed by atoms with Crippen molar-refractivity contribution in [3.05, 3.63) is 77.8 Å². The average molecular weight is 417 g/mol. The molecule has 0 radical (unpaired) electrons. The maximum Gasteiger partial charge on any atom is 0.209 e. The van der Waals surface area contributed by atoms with E-state index in [1.54, 1.807) is 24.6 Å². The van der Waals surface area contributed by atoms with Crippen LogP contribution >= 0.6 is 11.3 Å². The van der Waals surface area contributed by atoms with E-state index in [4.69, 9.17) is 9.84 Å². The Kier molecular flexibility index (Phi) is 4.76. The molecule has 30 heavy (non-hydrogen) atoms. The molecule has 1 spiro atoms. The molecule has 1 atom stereocenters. The fraction of sp³-hybridized carbons (Fsp3) is 0.182. The Morgan fingerprint density at radius 3 is 2.60 bits per heavy atom. The van der Waals surface area contributed by atoms with Crippen LogP contribution in [-0.4, -0.2) is 30.0 Å². The van der Waals surface area contributed by atoms with E-state index in [1.807, 2.05) is 57.9 Å². The quantitative estimate of drug-likeness (QED) is 0.586. The van der Waals surface area contributed by atoms with Crippen LogP contribution in [-0.2, 0) is 0 Å². The smallest absolute Gasteiger partial charge is 0.209 e. The van der Waals surface area contributed by atoms with Crippen molar-refractivity contribution in [1.29, 1.82) is 0 Å². The van der Waals surface area contributed by atoms with E-state index in [9.17, 15) is 0 Å². The van der Waals surface area contributed by atoms with E-state index in [0.29, 0.717) is 13.0 Å². The molecule has 7 nitrogen and oxygen atoms in total. The minimum atomic E-state index is -0.529. The lowest BCUT2D eigenvalue weighted by atomic mass is 10.0. The number of thiazole rings is 1. The number of rotatable bonds is 5. The van der Waals surface area contributed by atoms with Crippen molar-refractivity contribution < 1.29 is 4.74 Å². The van der Waals surface area contributed by atoms with Gasteiger partial charge in [0.05, 0.1) is 18.5 Å². The number of hydrogen-bond acceptors (Lipinski definition) is 8. The van der Waals surface area contributed by atoms with Crippen LogP contribution < -0.4 is 14.8 Å². The summed E-state index contributed by atoms with van der Waals surface area (Å²) < 4.78 is 5.23. The monoisotopic (exact) mass is 416 g/mol. The number of hydrogen-bond donors (Lipinski definition) is 0. The summed E-state index contributed by atoms with van der Waals surface area (Å²) in [4.78, 5) is 4.46. The Bertz CT molecular complexity index is 1090. The van der Waals surface area contributed by atoms with Gasteiger partial charge in [-0.1, -0.05) is 41.6 Å². The number of ether oxygens (including phenoxy) is 1. The van der Waals surface area contributed by atoms with Crippen molar-refractivity contribution >= 4 is 33.9 Å². The highest BCUT2D eigenvalue weighted by molar-refractivity contribution is 7.13. The van der Waals surface area contributed by atoms with Gasteiger partial charge in [0.2, 0.25) is 5.13 Å². The van der Waals surface area contributed by atoms with Crippen molar-refractivity contribution in [3.8, 4) is 5.75 Å². The van der Waals surface area contributed by atoms with Gasteiger partial charge in [-0.2, -0.15) is 15.2 Å². The van der Waals surface area contributed by atoms with Crippen molar-refractivity contribution in [2.24, 2.45) is 15.4 Å². The minimum absolute atomic E-state index is 0.519. The molecule has 1 aromatic heterocycles. The maximum atomic E-state index is 5.23. The first-order valence-electron chi connectivity index (χ1n) is 9.60. The van der Waals surface area contributed by atoms with Crippen LogP contribution in [0.2, 0.25) is 0 Å². The van der Waals surface area contributed by atoms with Gasteiger partial charge in [-0.3, -0.25) is 0 Å². The summed E-state index contributed by atoms with van der Waals surface area (Å²) >= 11 is 1.55. The van der Waals surface area contributed by atoms with E-state index >= 15 is 0 Å². The molecule has 3 heterocycles. The zero-order valence-corrected chi connectivity index (χ0v) is 17.2. The number of aromatic nitrogens is 1. The summed E-state index contributed by atoms with van der Waals surface area (Å²) in [6.07, 6.45) is 6.60. The van der Waals surface area contributed by atoms with Gasteiger partial charge >= 0.3 is 0 Å². The highest BCUT2D eigenvalue weighted by Crippen LogP contribution is 2.42. The maximum absolute atomic E-state index is 5.23. The molecule has 150 valence electrons. The molecule has 2 aromatic carbocycles. The van der Waals surface area contributed by atoms with Gasteiger partial charge in [0.15, 0.2) is 5.66 Å². The van der Waals surface area contributed by atoms with Crippen molar-refractivity contribution in [2.75, 3.05) is 23.7 Å². The zero-order valence-electron chi connectivity index (χ0n) is 16.4. The molecule has 3 aromatic rings. The number of para-hydroxylation sites is 1. The summed E-state index contributed by atoms with van der Waals surface area (Å²) in [6, 6.07) is 18.1. The predicted octanol–water partition coefficient (Wildman–Crippen LogP) is 5.01. The van der Waals surface area contributed by atoms with Gasteiger partial charge in [-0.25, -0.2) is 9.99 Å². The van der Waals surface area contributed by atoms with Crippen LogP contribution in [0.3, 0.4) is 0 Å². The molecule has 1 unspecified atom stereocenters. The first-order valence-corrected chi connectivity index (χ1v) is 10.5. The first-order chi connectivity index (χ1) is 14.8. The predicted molar refractivity (Wildman–Crippen MR) is 120 cm³/mol. The molecule has 2 aliphatic rings. The molecule has 0 fully saturated rings. The summed E-state index contributed by atoms with van der Waals surface area (Å²) in [5, 5.41) is 20.4. The van der Waals surface area contributed by atoms with Crippen LogP contribution in [0.25, 0.3) is 6.08 Å². The van der Waals surface area contributed by atoms with Gasteiger partial charge in [0.1, 0.15) is 12.3 Å². The van der Waals surface area contributed by atoms with E-state index in [-0.39, 0.29) is 0 Å². The molecule has 5 rings (SSSR count). The first kappa shape index (κ1) is 18.5.